The van der Waals surface area contributed by atoms with Gasteiger partial charge >= 0.3 is 0 Å². The van der Waals surface area contributed by atoms with Crippen molar-refractivity contribution >= 4 is 23.3 Å². The second-order valence-corrected chi connectivity index (χ2v) is 10.8. The van der Waals surface area contributed by atoms with Crippen LogP contribution in [0.2, 0.25) is 0 Å². The zero-order chi connectivity index (χ0) is 21.1. The van der Waals surface area contributed by atoms with E-state index in [-0.39, 0.29) is 64.7 Å². The van der Waals surface area contributed by atoms with Crippen LogP contribution in [0.4, 0.5) is 0 Å². The number of ketones is 3. The van der Waals surface area contributed by atoms with Crippen molar-refractivity contribution in [2.24, 2.45) is 46.3 Å². The molecule has 5 nitrogen and oxygen atoms in total. The van der Waals surface area contributed by atoms with Crippen molar-refractivity contribution in [2.75, 3.05) is 0 Å². The summed E-state index contributed by atoms with van der Waals surface area (Å²) in [6, 6.07) is 0. The minimum absolute atomic E-state index is 0.0192. The third-order valence-electron chi connectivity index (χ3n) is 9.71. The molecular formula is C24H33O5-. The van der Waals surface area contributed by atoms with Crippen molar-refractivity contribution in [3.05, 3.63) is 0 Å². The summed E-state index contributed by atoms with van der Waals surface area (Å²) in [5, 5.41) is 10.9. The molecule has 0 bridgehead atoms. The second-order valence-electron chi connectivity index (χ2n) is 10.8. The topological polar surface area (TPSA) is 91.3 Å². The Morgan fingerprint density at radius 3 is 2.52 bits per heavy atom. The van der Waals surface area contributed by atoms with Crippen molar-refractivity contribution in [3.8, 4) is 0 Å². The molecule has 0 spiro atoms. The average molecular weight is 402 g/mol. The first-order valence-electron chi connectivity index (χ1n) is 11.4. The van der Waals surface area contributed by atoms with Crippen molar-refractivity contribution in [1.29, 1.82) is 0 Å². The number of aliphatic carboxylic acids is 1. The monoisotopic (exact) mass is 401 g/mol. The fourth-order valence-corrected chi connectivity index (χ4v) is 7.94. The number of Topliss-reactive ketones (excluding diaryl/α,β-unsaturated/α-hetero) is 3. The largest absolute Gasteiger partial charge is 0.550 e. The summed E-state index contributed by atoms with van der Waals surface area (Å²) in [6.07, 6.45) is 5.08. The van der Waals surface area contributed by atoms with E-state index >= 15 is 0 Å². The van der Waals surface area contributed by atoms with E-state index in [0.717, 1.165) is 19.3 Å². The van der Waals surface area contributed by atoms with Crippen molar-refractivity contribution in [2.45, 2.75) is 78.6 Å². The molecule has 0 unspecified atom stereocenters. The molecule has 0 saturated heterocycles. The molecule has 4 rings (SSSR count). The molecule has 0 aromatic heterocycles. The van der Waals surface area contributed by atoms with E-state index in [9.17, 15) is 24.3 Å². The number of carbonyl (C=O) groups is 4. The lowest BCUT2D eigenvalue weighted by Crippen LogP contribution is -2.60. The SMILES string of the molecule is C[C@H](CCC(=O)[O-])[C@@H]1CC[C@@H]2[C@@H]3C(=O)C[C@@H]4CC(=O)CC[C@]4(C)[C@H]3CC(=O)[C@@]21C. The fraction of sp³-hybridized carbons (Fsp3) is 0.833. The highest BCUT2D eigenvalue weighted by atomic mass is 16.4. The van der Waals surface area contributed by atoms with E-state index in [1.807, 2.05) is 6.92 Å². The van der Waals surface area contributed by atoms with Gasteiger partial charge in [-0.25, -0.2) is 0 Å². The van der Waals surface area contributed by atoms with Crippen LogP contribution in [0.5, 0.6) is 0 Å². The Labute approximate surface area is 173 Å². The molecule has 4 aliphatic rings. The summed E-state index contributed by atoms with van der Waals surface area (Å²) in [4.78, 5) is 49.8. The lowest BCUT2D eigenvalue weighted by Gasteiger charge is -2.58. The highest BCUT2D eigenvalue weighted by Crippen LogP contribution is 2.66. The number of rotatable bonds is 4. The number of carbonyl (C=O) groups excluding carboxylic acids is 4. The number of carboxylic acids is 1. The van der Waals surface area contributed by atoms with Gasteiger partial charge in [0, 0.05) is 43.0 Å². The molecule has 4 aliphatic carbocycles. The van der Waals surface area contributed by atoms with Crippen molar-refractivity contribution in [3.63, 3.8) is 0 Å². The molecule has 5 heteroatoms. The predicted octanol–water partition coefficient (Wildman–Crippen LogP) is 2.74. The predicted molar refractivity (Wildman–Crippen MR) is 104 cm³/mol. The van der Waals surface area contributed by atoms with Crippen LogP contribution in [0.15, 0.2) is 0 Å². The van der Waals surface area contributed by atoms with Crippen LogP contribution in [-0.2, 0) is 19.2 Å². The van der Waals surface area contributed by atoms with Crippen LogP contribution in [0.1, 0.15) is 78.6 Å². The summed E-state index contributed by atoms with van der Waals surface area (Å²) in [5.74, 6) is 0.130. The summed E-state index contributed by atoms with van der Waals surface area (Å²) >= 11 is 0. The maximum atomic E-state index is 13.6. The highest BCUT2D eigenvalue weighted by molar-refractivity contribution is 5.93. The summed E-state index contributed by atoms with van der Waals surface area (Å²) < 4.78 is 0. The first-order chi connectivity index (χ1) is 13.6. The molecule has 4 saturated carbocycles. The number of hydrogen-bond acceptors (Lipinski definition) is 5. The van der Waals surface area contributed by atoms with Gasteiger partial charge in [0.1, 0.15) is 17.3 Å². The molecule has 0 aromatic rings. The Balaban J connectivity index is 1.63. The Morgan fingerprint density at radius 2 is 1.83 bits per heavy atom. The van der Waals surface area contributed by atoms with Gasteiger partial charge in [-0.2, -0.15) is 0 Å². The molecule has 0 heterocycles. The van der Waals surface area contributed by atoms with Gasteiger partial charge in [0.25, 0.3) is 0 Å². The molecule has 0 aromatic carbocycles. The van der Waals surface area contributed by atoms with Crippen LogP contribution in [0.3, 0.4) is 0 Å². The maximum absolute atomic E-state index is 13.6. The summed E-state index contributed by atoms with van der Waals surface area (Å²) in [6.45, 7) is 6.32. The number of fused-ring (bicyclic) bond motifs is 5. The summed E-state index contributed by atoms with van der Waals surface area (Å²) in [5.41, 5.74) is -0.627. The minimum atomic E-state index is -1.04. The second kappa shape index (κ2) is 7.02. The van der Waals surface area contributed by atoms with Gasteiger partial charge < -0.3 is 9.90 Å². The van der Waals surface area contributed by atoms with E-state index in [0.29, 0.717) is 32.1 Å². The Morgan fingerprint density at radius 1 is 1.10 bits per heavy atom. The van der Waals surface area contributed by atoms with Crippen LogP contribution < -0.4 is 5.11 Å². The minimum Gasteiger partial charge on any atom is -0.550 e. The van der Waals surface area contributed by atoms with E-state index in [1.165, 1.54) is 0 Å². The van der Waals surface area contributed by atoms with Gasteiger partial charge in [-0.1, -0.05) is 20.8 Å². The molecule has 29 heavy (non-hydrogen) atoms. The zero-order valence-electron chi connectivity index (χ0n) is 17.9. The highest BCUT2D eigenvalue weighted by Gasteiger charge is 2.66. The first-order valence-corrected chi connectivity index (χ1v) is 11.4. The first kappa shape index (κ1) is 20.7. The maximum Gasteiger partial charge on any atom is 0.139 e. The van der Waals surface area contributed by atoms with Gasteiger partial charge in [0.2, 0.25) is 0 Å². The van der Waals surface area contributed by atoms with Crippen molar-refractivity contribution in [1.82, 2.24) is 0 Å². The molecule has 4 fully saturated rings. The van der Waals surface area contributed by atoms with E-state index in [4.69, 9.17) is 0 Å². The average Bonchev–Trinajstić information content (AvgIpc) is 3.01. The Kier molecular flexibility index (Phi) is 5.02. The van der Waals surface area contributed by atoms with E-state index in [1.54, 1.807) is 0 Å². The molecule has 0 radical (unpaired) electrons. The van der Waals surface area contributed by atoms with Gasteiger partial charge in [0.15, 0.2) is 0 Å². The lowest BCUT2D eigenvalue weighted by molar-refractivity contribution is -0.306. The van der Waals surface area contributed by atoms with E-state index < -0.39 is 11.4 Å². The fourth-order valence-electron chi connectivity index (χ4n) is 7.94. The quantitative estimate of drug-likeness (QED) is 0.722. The van der Waals surface area contributed by atoms with Crippen LogP contribution in [-0.4, -0.2) is 23.3 Å². The molecular weight excluding hydrogens is 368 g/mol. The number of carboxylic acid groups (broad SMARTS) is 1. The molecule has 8 atom stereocenters. The molecule has 0 amide bonds. The smallest absolute Gasteiger partial charge is 0.139 e. The normalized spacial score (nSPS) is 45.3. The molecule has 160 valence electrons. The van der Waals surface area contributed by atoms with Crippen LogP contribution in [0, 0.1) is 46.3 Å². The standard InChI is InChI=1S/C24H34O5/c1-13(4-7-21(28)29)16-5-6-17-22-18(12-20(27)24(16,17)3)23(2)9-8-15(25)10-14(23)11-19(22)26/h13-14,16-18,22H,4-12H2,1-3H3,(H,28,29)/p-1/t13-,14+,16+,17-,18+,22+,23+,24-/m1/s1. The van der Waals surface area contributed by atoms with Gasteiger partial charge in [0.05, 0.1) is 0 Å². The third-order valence-corrected chi connectivity index (χ3v) is 9.71. The Bertz CT molecular complexity index is 756. The van der Waals surface area contributed by atoms with Gasteiger partial charge in [-0.05, 0) is 67.1 Å². The van der Waals surface area contributed by atoms with Gasteiger partial charge in [-0.3, -0.25) is 14.4 Å². The van der Waals surface area contributed by atoms with Gasteiger partial charge in [-0.15, -0.1) is 0 Å². The lowest BCUT2D eigenvalue weighted by atomic mass is 9.44. The van der Waals surface area contributed by atoms with Crippen LogP contribution in [0.25, 0.3) is 0 Å². The van der Waals surface area contributed by atoms with Crippen molar-refractivity contribution < 1.29 is 24.3 Å². The molecule has 0 aliphatic heterocycles. The number of hydrogen-bond donors (Lipinski definition) is 0. The van der Waals surface area contributed by atoms with Crippen LogP contribution >= 0.6 is 0 Å². The summed E-state index contributed by atoms with van der Waals surface area (Å²) in [7, 11) is 0. The zero-order valence-corrected chi connectivity index (χ0v) is 17.9. The third kappa shape index (κ3) is 3.02. The Hall–Kier alpha value is -1.52. The molecule has 0 N–H and O–H groups in total. The van der Waals surface area contributed by atoms with E-state index in [2.05, 4.69) is 13.8 Å².